The zero-order valence-electron chi connectivity index (χ0n) is 16.7. The molecular formula is C20H42BrNO2. The largest absolute Gasteiger partial charge is 1.00 e. The summed E-state index contributed by atoms with van der Waals surface area (Å²) in [6, 6.07) is 0. The number of halogens is 1. The first-order valence-corrected chi connectivity index (χ1v) is 9.90. The number of carbonyl (C=O) groups excluding carboxylic acids is 1. The normalized spacial score (nSPS) is 11.2. The highest BCUT2D eigenvalue weighted by Crippen LogP contribution is 2.12. The predicted octanol–water partition coefficient (Wildman–Crippen LogP) is 2.33. The monoisotopic (exact) mass is 407 g/mol. The Morgan fingerprint density at radius 2 is 1.17 bits per heavy atom. The van der Waals surface area contributed by atoms with E-state index in [1.165, 1.54) is 84.2 Å². The van der Waals surface area contributed by atoms with Gasteiger partial charge in [0.05, 0.1) is 40.7 Å². The van der Waals surface area contributed by atoms with Gasteiger partial charge in [0, 0.05) is 0 Å². The van der Waals surface area contributed by atoms with Crippen LogP contribution >= 0.6 is 0 Å². The van der Waals surface area contributed by atoms with Gasteiger partial charge in [0.25, 0.3) is 0 Å². The van der Waals surface area contributed by atoms with Crippen LogP contribution in [0.25, 0.3) is 0 Å². The fourth-order valence-electron chi connectivity index (χ4n) is 2.99. The number of carbonyl (C=O) groups is 1. The van der Waals surface area contributed by atoms with Crippen LogP contribution in [0.1, 0.15) is 90.4 Å². The lowest BCUT2D eigenvalue weighted by Gasteiger charge is -2.29. The van der Waals surface area contributed by atoms with E-state index in [9.17, 15) is 4.79 Å². The molecule has 0 aliphatic carbocycles. The second-order valence-corrected chi connectivity index (χ2v) is 7.60. The summed E-state index contributed by atoms with van der Waals surface area (Å²) in [5.74, 6) is -0.0918. The van der Waals surface area contributed by atoms with Crippen molar-refractivity contribution >= 4 is 5.97 Å². The quantitative estimate of drug-likeness (QED) is 0.223. The van der Waals surface area contributed by atoms with Crippen molar-refractivity contribution in [3.05, 3.63) is 0 Å². The number of ether oxygens (including phenoxy) is 1. The van der Waals surface area contributed by atoms with Crippen molar-refractivity contribution in [2.24, 2.45) is 0 Å². The second kappa shape index (κ2) is 17.7. The molecule has 24 heavy (non-hydrogen) atoms. The Bertz CT molecular complexity index is 283. The Morgan fingerprint density at radius 3 is 1.58 bits per heavy atom. The Balaban J connectivity index is 0. The van der Waals surface area contributed by atoms with Gasteiger partial charge in [-0.3, -0.25) is 4.79 Å². The first-order chi connectivity index (χ1) is 11.0. The smallest absolute Gasteiger partial charge is 0.311 e. The van der Waals surface area contributed by atoms with Crippen LogP contribution in [0.15, 0.2) is 0 Å². The molecule has 0 radical (unpaired) electrons. The average molecular weight is 408 g/mol. The van der Waals surface area contributed by atoms with Crippen LogP contribution in [0.2, 0.25) is 0 Å². The van der Waals surface area contributed by atoms with E-state index in [1.54, 1.807) is 0 Å². The van der Waals surface area contributed by atoms with E-state index in [0.717, 1.165) is 17.6 Å². The van der Waals surface area contributed by atoms with Crippen LogP contribution in [0.3, 0.4) is 0 Å². The minimum Gasteiger partial charge on any atom is -1.00 e. The molecule has 0 aromatic rings. The molecule has 0 N–H and O–H groups in total. The van der Waals surface area contributed by atoms with E-state index < -0.39 is 0 Å². The molecule has 0 atom stereocenters. The van der Waals surface area contributed by atoms with Crippen LogP contribution in [0, 0.1) is 0 Å². The highest BCUT2D eigenvalue weighted by Gasteiger charge is 2.16. The first kappa shape index (κ1) is 26.1. The Morgan fingerprint density at radius 1 is 0.750 bits per heavy atom. The van der Waals surface area contributed by atoms with Gasteiger partial charge in [0.15, 0.2) is 0 Å². The van der Waals surface area contributed by atoms with Gasteiger partial charge in [0.1, 0.15) is 0 Å². The van der Waals surface area contributed by atoms with E-state index in [-0.39, 0.29) is 23.0 Å². The standard InChI is InChI=1S/C20H42NO2.BrH/c1-5-6-7-8-9-10-11-12-13-14-15-16-18-21(2,3)19-17-20(22)23-4;/h5-19H2,1-4H3;1H/q+1;/p-1. The molecule has 0 saturated carbocycles. The predicted molar refractivity (Wildman–Crippen MR) is 99.6 cm³/mol. The maximum Gasteiger partial charge on any atom is 0.311 e. The third-order valence-corrected chi connectivity index (χ3v) is 4.77. The van der Waals surface area contributed by atoms with E-state index in [4.69, 9.17) is 4.74 Å². The number of hydrogen-bond donors (Lipinski definition) is 0. The molecule has 0 aromatic heterocycles. The van der Waals surface area contributed by atoms with Crippen molar-refractivity contribution in [1.29, 1.82) is 0 Å². The minimum absolute atomic E-state index is 0. The summed E-state index contributed by atoms with van der Waals surface area (Å²) >= 11 is 0. The maximum atomic E-state index is 11.2. The maximum absolute atomic E-state index is 11.2. The average Bonchev–Trinajstić information content (AvgIpc) is 2.53. The number of methoxy groups -OCH3 is 1. The SMILES string of the molecule is CCCCCCCCCCCCCC[N+](C)(C)CCC(=O)OC.[Br-]. The summed E-state index contributed by atoms with van der Waals surface area (Å²) in [7, 11) is 5.89. The highest BCUT2D eigenvalue weighted by molar-refractivity contribution is 5.69. The van der Waals surface area contributed by atoms with Crippen LogP contribution in [0.5, 0.6) is 0 Å². The van der Waals surface area contributed by atoms with Gasteiger partial charge in [-0.1, -0.05) is 71.1 Å². The molecule has 146 valence electrons. The third kappa shape index (κ3) is 18.3. The second-order valence-electron chi connectivity index (χ2n) is 7.60. The molecule has 3 nitrogen and oxygen atoms in total. The molecule has 4 heteroatoms. The third-order valence-electron chi connectivity index (χ3n) is 4.77. The first-order valence-electron chi connectivity index (χ1n) is 9.90. The van der Waals surface area contributed by atoms with Crippen molar-refractivity contribution in [2.45, 2.75) is 90.4 Å². The molecule has 0 aromatic carbocycles. The Kier molecular flexibility index (Phi) is 19.3. The molecule has 0 saturated heterocycles. The Labute approximate surface area is 161 Å². The molecule has 0 spiro atoms. The van der Waals surface area contributed by atoms with Gasteiger partial charge < -0.3 is 26.2 Å². The van der Waals surface area contributed by atoms with Crippen LogP contribution in [0.4, 0.5) is 0 Å². The molecule has 0 heterocycles. The summed E-state index contributed by atoms with van der Waals surface area (Å²) in [6.45, 7) is 4.32. The molecule has 0 bridgehead atoms. The van der Waals surface area contributed by atoms with Crippen molar-refractivity contribution in [3.63, 3.8) is 0 Å². The zero-order valence-corrected chi connectivity index (χ0v) is 18.3. The molecule has 0 aliphatic heterocycles. The molecule has 0 amide bonds. The molecule has 0 fully saturated rings. The number of unbranched alkanes of at least 4 members (excludes halogenated alkanes) is 11. The zero-order chi connectivity index (χ0) is 17.4. The summed E-state index contributed by atoms with van der Waals surface area (Å²) in [5, 5.41) is 0. The van der Waals surface area contributed by atoms with Crippen LogP contribution in [-0.4, -0.2) is 44.7 Å². The molecular weight excluding hydrogens is 366 g/mol. The van der Waals surface area contributed by atoms with Crippen molar-refractivity contribution in [2.75, 3.05) is 34.3 Å². The van der Waals surface area contributed by atoms with Crippen molar-refractivity contribution in [1.82, 2.24) is 0 Å². The van der Waals surface area contributed by atoms with Gasteiger partial charge in [-0.15, -0.1) is 0 Å². The van der Waals surface area contributed by atoms with Crippen molar-refractivity contribution < 1.29 is 31.0 Å². The van der Waals surface area contributed by atoms with Crippen LogP contribution in [-0.2, 0) is 9.53 Å². The van der Waals surface area contributed by atoms with E-state index in [1.807, 2.05) is 0 Å². The lowest BCUT2D eigenvalue weighted by Crippen LogP contribution is -3.00. The van der Waals surface area contributed by atoms with Gasteiger partial charge in [0.2, 0.25) is 0 Å². The van der Waals surface area contributed by atoms with Gasteiger partial charge in [-0.25, -0.2) is 0 Å². The van der Waals surface area contributed by atoms with Gasteiger partial charge >= 0.3 is 5.97 Å². The number of rotatable bonds is 16. The van der Waals surface area contributed by atoms with Crippen LogP contribution < -0.4 is 17.0 Å². The van der Waals surface area contributed by atoms with Gasteiger partial charge in [-0.05, 0) is 12.8 Å². The lowest BCUT2D eigenvalue weighted by atomic mass is 10.1. The number of esters is 1. The van der Waals surface area contributed by atoms with E-state index >= 15 is 0 Å². The van der Waals surface area contributed by atoms with Crippen molar-refractivity contribution in [3.8, 4) is 0 Å². The Hall–Kier alpha value is -0.0900. The van der Waals surface area contributed by atoms with Gasteiger partial charge in [-0.2, -0.15) is 0 Å². The molecule has 0 aliphatic rings. The molecule has 0 unspecified atom stereocenters. The fourth-order valence-corrected chi connectivity index (χ4v) is 2.99. The summed E-state index contributed by atoms with van der Waals surface area (Å²) in [6.07, 6.45) is 17.2. The minimum atomic E-state index is -0.0918. The van der Waals surface area contributed by atoms with E-state index in [0.29, 0.717) is 6.42 Å². The topological polar surface area (TPSA) is 26.3 Å². The number of quaternary nitrogens is 1. The van der Waals surface area contributed by atoms with E-state index in [2.05, 4.69) is 21.0 Å². The number of hydrogen-bond acceptors (Lipinski definition) is 2. The summed E-state index contributed by atoms with van der Waals surface area (Å²) in [5.41, 5.74) is 0. The summed E-state index contributed by atoms with van der Waals surface area (Å²) in [4.78, 5) is 11.2. The molecule has 0 rings (SSSR count). The number of nitrogens with zero attached hydrogens (tertiary/aromatic N) is 1. The highest BCUT2D eigenvalue weighted by atomic mass is 79.9. The fraction of sp³-hybridized carbons (Fsp3) is 0.950. The summed E-state index contributed by atoms with van der Waals surface area (Å²) < 4.78 is 5.64. The lowest BCUT2D eigenvalue weighted by molar-refractivity contribution is -0.890.